The van der Waals surface area contributed by atoms with Crippen molar-refractivity contribution >= 4 is 23.7 Å². The molecule has 7 heteroatoms. The van der Waals surface area contributed by atoms with Crippen LogP contribution < -0.4 is 20.2 Å². The summed E-state index contributed by atoms with van der Waals surface area (Å²) in [6.45, 7) is 2.74. The SMILES string of the molecule is CCCCOc1ccc(NC(=O)C(=O)N/N=C\c2ccccc2OC)cc1. The second-order valence-electron chi connectivity index (χ2n) is 5.62. The molecular formula is C20H23N3O4. The van der Waals surface area contributed by atoms with Gasteiger partial charge in [0, 0.05) is 11.3 Å². The molecule has 142 valence electrons. The van der Waals surface area contributed by atoms with Gasteiger partial charge in [-0.1, -0.05) is 25.5 Å². The number of benzene rings is 2. The van der Waals surface area contributed by atoms with Crippen molar-refractivity contribution in [2.75, 3.05) is 19.0 Å². The highest BCUT2D eigenvalue weighted by Crippen LogP contribution is 2.16. The number of nitrogens with zero attached hydrogens (tertiary/aromatic N) is 1. The molecule has 7 nitrogen and oxygen atoms in total. The van der Waals surface area contributed by atoms with Crippen molar-refractivity contribution in [3.63, 3.8) is 0 Å². The minimum absolute atomic E-state index is 0.492. The number of hydrogen-bond donors (Lipinski definition) is 2. The summed E-state index contributed by atoms with van der Waals surface area (Å²) in [5.74, 6) is -0.357. The van der Waals surface area contributed by atoms with Crippen molar-refractivity contribution in [2.45, 2.75) is 19.8 Å². The molecular weight excluding hydrogens is 346 g/mol. The van der Waals surface area contributed by atoms with E-state index in [9.17, 15) is 9.59 Å². The number of para-hydroxylation sites is 1. The van der Waals surface area contributed by atoms with Crippen molar-refractivity contribution in [2.24, 2.45) is 5.10 Å². The van der Waals surface area contributed by atoms with Gasteiger partial charge in [0.2, 0.25) is 0 Å². The third-order valence-electron chi connectivity index (χ3n) is 3.59. The highest BCUT2D eigenvalue weighted by molar-refractivity contribution is 6.39. The minimum atomic E-state index is -0.871. The zero-order valence-corrected chi connectivity index (χ0v) is 15.4. The standard InChI is InChI=1S/C20H23N3O4/c1-3-4-13-27-17-11-9-16(10-12-17)22-19(24)20(25)23-21-14-15-7-5-6-8-18(15)26-2/h5-12,14H,3-4,13H2,1-2H3,(H,22,24)(H,23,25)/b21-14-. The molecule has 2 rings (SSSR count). The summed E-state index contributed by atoms with van der Waals surface area (Å²) in [6.07, 6.45) is 3.45. The van der Waals surface area contributed by atoms with E-state index in [1.807, 2.05) is 12.1 Å². The smallest absolute Gasteiger partial charge is 0.329 e. The van der Waals surface area contributed by atoms with E-state index < -0.39 is 11.8 Å². The predicted molar refractivity (Wildman–Crippen MR) is 104 cm³/mol. The maximum Gasteiger partial charge on any atom is 0.329 e. The molecule has 0 aliphatic heterocycles. The Labute approximate surface area is 158 Å². The molecule has 27 heavy (non-hydrogen) atoms. The number of methoxy groups -OCH3 is 1. The summed E-state index contributed by atoms with van der Waals surface area (Å²) in [6, 6.07) is 14.0. The normalized spacial score (nSPS) is 10.4. The Morgan fingerprint density at radius 2 is 1.81 bits per heavy atom. The number of hydrazone groups is 1. The fourth-order valence-corrected chi connectivity index (χ4v) is 2.14. The molecule has 0 aliphatic carbocycles. The second kappa shape index (κ2) is 10.6. The molecule has 0 aliphatic rings. The van der Waals surface area contributed by atoms with Crippen molar-refractivity contribution in [3.8, 4) is 11.5 Å². The van der Waals surface area contributed by atoms with Gasteiger partial charge in [0.15, 0.2) is 0 Å². The third-order valence-corrected chi connectivity index (χ3v) is 3.59. The maximum atomic E-state index is 11.9. The van der Waals surface area contributed by atoms with Crippen LogP contribution in [0.15, 0.2) is 53.6 Å². The molecule has 0 atom stereocenters. The average Bonchev–Trinajstić information content (AvgIpc) is 2.69. The van der Waals surface area contributed by atoms with Crippen LogP contribution in [0.5, 0.6) is 11.5 Å². The summed E-state index contributed by atoms with van der Waals surface area (Å²) in [5.41, 5.74) is 3.36. The summed E-state index contributed by atoms with van der Waals surface area (Å²) < 4.78 is 10.7. The van der Waals surface area contributed by atoms with E-state index in [-0.39, 0.29) is 0 Å². The van der Waals surface area contributed by atoms with Crippen LogP contribution in [0.2, 0.25) is 0 Å². The fourth-order valence-electron chi connectivity index (χ4n) is 2.14. The molecule has 0 saturated carbocycles. The number of rotatable bonds is 8. The van der Waals surface area contributed by atoms with Crippen LogP contribution in [0.1, 0.15) is 25.3 Å². The quantitative estimate of drug-likeness (QED) is 0.324. The van der Waals surface area contributed by atoms with E-state index in [0.717, 1.165) is 12.8 Å². The monoisotopic (exact) mass is 369 g/mol. The third kappa shape index (κ3) is 6.47. The Hall–Kier alpha value is -3.35. The zero-order chi connectivity index (χ0) is 19.5. The van der Waals surface area contributed by atoms with Crippen LogP contribution in [-0.4, -0.2) is 31.7 Å². The molecule has 2 N–H and O–H groups in total. The summed E-state index contributed by atoms with van der Waals surface area (Å²) >= 11 is 0. The number of unbranched alkanes of at least 4 members (excludes halogenated alkanes) is 1. The molecule has 2 aromatic rings. The highest BCUT2D eigenvalue weighted by atomic mass is 16.5. The molecule has 0 saturated heterocycles. The predicted octanol–water partition coefficient (Wildman–Crippen LogP) is 2.96. The van der Waals surface area contributed by atoms with Gasteiger partial charge in [0.1, 0.15) is 11.5 Å². The van der Waals surface area contributed by atoms with E-state index >= 15 is 0 Å². The van der Waals surface area contributed by atoms with Gasteiger partial charge in [-0.3, -0.25) is 9.59 Å². The van der Waals surface area contributed by atoms with E-state index in [1.165, 1.54) is 6.21 Å². The number of nitrogens with one attached hydrogen (secondary N) is 2. The van der Waals surface area contributed by atoms with E-state index in [4.69, 9.17) is 9.47 Å². The number of carbonyl (C=O) groups is 2. The molecule has 0 aromatic heterocycles. The van der Waals surface area contributed by atoms with Gasteiger partial charge in [0.25, 0.3) is 0 Å². The first-order valence-electron chi connectivity index (χ1n) is 8.64. The maximum absolute atomic E-state index is 11.9. The van der Waals surface area contributed by atoms with Crippen LogP contribution >= 0.6 is 0 Å². The van der Waals surface area contributed by atoms with Crippen LogP contribution in [0.25, 0.3) is 0 Å². The van der Waals surface area contributed by atoms with Gasteiger partial charge >= 0.3 is 11.8 Å². The van der Waals surface area contributed by atoms with Gasteiger partial charge in [-0.25, -0.2) is 5.43 Å². The lowest BCUT2D eigenvalue weighted by atomic mass is 10.2. The Bertz CT molecular complexity index is 788. The molecule has 0 unspecified atom stereocenters. The first kappa shape index (κ1) is 20.0. The number of carbonyl (C=O) groups excluding carboxylic acids is 2. The highest BCUT2D eigenvalue weighted by Gasteiger charge is 2.13. The first-order chi connectivity index (χ1) is 13.1. The van der Waals surface area contributed by atoms with Crippen molar-refractivity contribution in [3.05, 3.63) is 54.1 Å². The molecule has 2 amide bonds. The fraction of sp³-hybridized carbons (Fsp3) is 0.250. The lowest BCUT2D eigenvalue weighted by Gasteiger charge is -2.07. The lowest BCUT2D eigenvalue weighted by Crippen LogP contribution is -2.32. The molecule has 0 radical (unpaired) electrons. The average molecular weight is 369 g/mol. The Morgan fingerprint density at radius 1 is 1.07 bits per heavy atom. The first-order valence-corrected chi connectivity index (χ1v) is 8.64. The van der Waals surface area contributed by atoms with Crippen molar-refractivity contribution in [1.82, 2.24) is 5.43 Å². The van der Waals surface area contributed by atoms with Crippen LogP contribution in [0, 0.1) is 0 Å². The molecule has 0 spiro atoms. The van der Waals surface area contributed by atoms with Crippen molar-refractivity contribution in [1.29, 1.82) is 0 Å². The summed E-state index contributed by atoms with van der Waals surface area (Å²) in [5, 5.41) is 6.29. The van der Waals surface area contributed by atoms with Gasteiger partial charge in [0.05, 0.1) is 19.9 Å². The van der Waals surface area contributed by atoms with E-state index in [1.54, 1.807) is 43.5 Å². The number of anilines is 1. The molecule has 0 heterocycles. The minimum Gasteiger partial charge on any atom is -0.496 e. The van der Waals surface area contributed by atoms with Crippen LogP contribution in [-0.2, 0) is 9.59 Å². The van der Waals surface area contributed by atoms with Crippen molar-refractivity contribution < 1.29 is 19.1 Å². The van der Waals surface area contributed by atoms with Gasteiger partial charge in [-0.2, -0.15) is 5.10 Å². The van der Waals surface area contributed by atoms with E-state index in [2.05, 4.69) is 22.8 Å². The van der Waals surface area contributed by atoms with Crippen LogP contribution in [0.4, 0.5) is 5.69 Å². The van der Waals surface area contributed by atoms with Gasteiger partial charge < -0.3 is 14.8 Å². The summed E-state index contributed by atoms with van der Waals surface area (Å²) in [4.78, 5) is 23.8. The topological polar surface area (TPSA) is 89.0 Å². The Kier molecular flexibility index (Phi) is 7.84. The van der Waals surface area contributed by atoms with Gasteiger partial charge in [-0.05, 0) is 42.8 Å². The molecule has 0 fully saturated rings. The molecule has 0 bridgehead atoms. The number of amides is 2. The largest absolute Gasteiger partial charge is 0.496 e. The lowest BCUT2D eigenvalue weighted by molar-refractivity contribution is -0.136. The summed E-state index contributed by atoms with van der Waals surface area (Å²) in [7, 11) is 1.54. The second-order valence-corrected chi connectivity index (χ2v) is 5.62. The zero-order valence-electron chi connectivity index (χ0n) is 15.4. The van der Waals surface area contributed by atoms with Gasteiger partial charge in [-0.15, -0.1) is 0 Å². The Morgan fingerprint density at radius 3 is 2.52 bits per heavy atom. The molecule has 2 aromatic carbocycles. The van der Waals surface area contributed by atoms with Crippen LogP contribution in [0.3, 0.4) is 0 Å². The number of hydrogen-bond acceptors (Lipinski definition) is 5. The number of ether oxygens (including phenoxy) is 2. The Balaban J connectivity index is 1.84. The van der Waals surface area contributed by atoms with E-state index in [0.29, 0.717) is 29.4 Å².